The van der Waals surface area contributed by atoms with Crippen molar-refractivity contribution < 1.29 is 12.9 Å². The summed E-state index contributed by atoms with van der Waals surface area (Å²) in [5.41, 5.74) is 0. The van der Waals surface area contributed by atoms with Crippen LogP contribution in [0, 0.1) is 0 Å². The minimum atomic E-state index is -2.67. The summed E-state index contributed by atoms with van der Waals surface area (Å²) in [7, 11) is 1.46. The lowest BCUT2D eigenvalue weighted by Gasteiger charge is -2.32. The fourth-order valence-corrected chi connectivity index (χ4v) is 2.74. The number of quaternary nitrogens is 1. The topological polar surface area (TPSA) is 34.1 Å². The van der Waals surface area contributed by atoms with Crippen molar-refractivity contribution >= 4 is 9.84 Å². The van der Waals surface area contributed by atoms with Crippen LogP contribution in [0.25, 0.3) is 0 Å². The maximum absolute atomic E-state index is 10.9. The molecule has 0 unspecified atom stereocenters. The van der Waals surface area contributed by atoms with Crippen LogP contribution >= 0.6 is 0 Å². The molecule has 4 heteroatoms. The van der Waals surface area contributed by atoms with Crippen LogP contribution in [-0.4, -0.2) is 51.6 Å². The molecule has 0 amide bonds. The van der Waals surface area contributed by atoms with Crippen LogP contribution in [-0.2, 0) is 9.84 Å². The number of hydrogen-bond acceptors (Lipinski definition) is 2. The highest BCUT2D eigenvalue weighted by molar-refractivity contribution is 7.91. The Labute approximate surface area is 62.2 Å². The van der Waals surface area contributed by atoms with Crippen molar-refractivity contribution in [3.63, 3.8) is 0 Å². The van der Waals surface area contributed by atoms with Gasteiger partial charge in [0.25, 0.3) is 0 Å². The molecule has 0 atom stereocenters. The molecule has 0 spiro atoms. The largest absolute Gasteiger partial charge is 0.327 e. The normalized spacial score (nSPS) is 29.8. The standard InChI is InChI=1S/C6H14NO2S/c1-7(2)3-5-10(8,9)6-4-7/h3-6H2,1-2H3/q+1. The quantitative estimate of drug-likeness (QED) is 0.452. The van der Waals surface area contributed by atoms with Crippen LogP contribution in [0.5, 0.6) is 0 Å². The van der Waals surface area contributed by atoms with Crippen molar-refractivity contribution in [2.45, 2.75) is 0 Å². The van der Waals surface area contributed by atoms with Gasteiger partial charge in [-0.25, -0.2) is 8.42 Å². The van der Waals surface area contributed by atoms with Gasteiger partial charge in [0, 0.05) is 0 Å². The Bertz CT molecular complexity index is 202. The van der Waals surface area contributed by atoms with E-state index in [0.29, 0.717) is 11.5 Å². The second-order valence-corrected chi connectivity index (χ2v) is 5.84. The third-order valence-electron chi connectivity index (χ3n) is 2.02. The van der Waals surface area contributed by atoms with E-state index in [1.165, 1.54) is 0 Å². The molecule has 0 aliphatic carbocycles. The first-order chi connectivity index (χ1) is 4.41. The Morgan fingerprint density at radius 3 is 1.80 bits per heavy atom. The fourth-order valence-electron chi connectivity index (χ4n) is 0.986. The predicted octanol–water partition coefficient (Wildman–Crippen LogP) is -0.509. The average Bonchev–Trinajstić information content (AvgIpc) is 1.79. The Morgan fingerprint density at radius 1 is 1.10 bits per heavy atom. The van der Waals surface area contributed by atoms with Gasteiger partial charge in [0.05, 0.1) is 38.7 Å². The summed E-state index contributed by atoms with van der Waals surface area (Å²) in [6, 6.07) is 0. The second kappa shape index (κ2) is 2.20. The zero-order valence-corrected chi connectivity index (χ0v) is 7.32. The zero-order chi connectivity index (χ0) is 7.83. The first-order valence-corrected chi connectivity index (χ1v) is 5.26. The summed E-state index contributed by atoms with van der Waals surface area (Å²) in [4.78, 5) is 0. The van der Waals surface area contributed by atoms with Crippen LogP contribution in [0.15, 0.2) is 0 Å². The minimum absolute atomic E-state index is 0.361. The summed E-state index contributed by atoms with van der Waals surface area (Å²) in [5, 5.41) is 0. The first kappa shape index (κ1) is 8.01. The van der Waals surface area contributed by atoms with E-state index in [0.717, 1.165) is 17.6 Å². The van der Waals surface area contributed by atoms with Gasteiger partial charge in [0.2, 0.25) is 0 Å². The van der Waals surface area contributed by atoms with E-state index in [1.807, 2.05) is 0 Å². The van der Waals surface area contributed by atoms with Crippen molar-refractivity contribution in [2.75, 3.05) is 38.7 Å². The second-order valence-electron chi connectivity index (χ2n) is 3.53. The lowest BCUT2D eigenvalue weighted by Crippen LogP contribution is -2.50. The monoisotopic (exact) mass is 164 g/mol. The Hall–Kier alpha value is -0.0900. The highest BCUT2D eigenvalue weighted by Gasteiger charge is 2.28. The summed E-state index contributed by atoms with van der Waals surface area (Å²) in [6.45, 7) is 1.53. The molecule has 60 valence electrons. The van der Waals surface area contributed by atoms with E-state index in [-0.39, 0.29) is 0 Å². The molecule has 0 radical (unpaired) electrons. The summed E-state index contributed by atoms with van der Waals surface area (Å²) >= 11 is 0. The maximum Gasteiger partial charge on any atom is 0.161 e. The van der Waals surface area contributed by atoms with Crippen LogP contribution in [0.3, 0.4) is 0 Å². The van der Waals surface area contributed by atoms with Gasteiger partial charge in [-0.3, -0.25) is 0 Å². The highest BCUT2D eigenvalue weighted by Crippen LogP contribution is 2.07. The number of rotatable bonds is 0. The molecule has 0 aromatic heterocycles. The number of hydrogen-bond donors (Lipinski definition) is 0. The molecule has 0 aromatic rings. The van der Waals surface area contributed by atoms with Crippen molar-refractivity contribution in [1.29, 1.82) is 0 Å². The van der Waals surface area contributed by atoms with Gasteiger partial charge >= 0.3 is 0 Å². The molecule has 1 fully saturated rings. The predicted molar refractivity (Wildman–Crippen MR) is 40.5 cm³/mol. The van der Waals surface area contributed by atoms with Gasteiger partial charge in [-0.05, 0) is 0 Å². The third-order valence-corrected chi connectivity index (χ3v) is 3.62. The van der Waals surface area contributed by atoms with Crippen LogP contribution in [0.1, 0.15) is 0 Å². The Kier molecular flexibility index (Phi) is 1.76. The van der Waals surface area contributed by atoms with Crippen molar-refractivity contribution in [1.82, 2.24) is 0 Å². The maximum atomic E-state index is 10.9. The van der Waals surface area contributed by atoms with Gasteiger partial charge in [-0.2, -0.15) is 0 Å². The highest BCUT2D eigenvalue weighted by atomic mass is 32.2. The minimum Gasteiger partial charge on any atom is -0.327 e. The van der Waals surface area contributed by atoms with Crippen molar-refractivity contribution in [3.05, 3.63) is 0 Å². The van der Waals surface area contributed by atoms with E-state index in [4.69, 9.17) is 0 Å². The summed E-state index contributed by atoms with van der Waals surface area (Å²) in [6.07, 6.45) is 0. The summed E-state index contributed by atoms with van der Waals surface area (Å²) in [5.74, 6) is 0.722. The molecule has 0 N–H and O–H groups in total. The lowest BCUT2D eigenvalue weighted by atomic mass is 10.5. The molecule has 1 saturated heterocycles. The SMILES string of the molecule is C[N+]1(C)CCS(=O)(=O)CC1. The van der Waals surface area contributed by atoms with Gasteiger partial charge < -0.3 is 4.48 Å². The van der Waals surface area contributed by atoms with Gasteiger partial charge in [0.1, 0.15) is 0 Å². The molecule has 1 rings (SSSR count). The zero-order valence-electron chi connectivity index (χ0n) is 6.50. The van der Waals surface area contributed by atoms with Gasteiger partial charge in [0.15, 0.2) is 9.84 Å². The molecule has 1 aliphatic heterocycles. The van der Waals surface area contributed by atoms with E-state index in [9.17, 15) is 8.42 Å². The fraction of sp³-hybridized carbons (Fsp3) is 1.00. The molecular formula is C6H14NO2S+. The number of nitrogens with zero attached hydrogens (tertiary/aromatic N) is 1. The average molecular weight is 164 g/mol. The van der Waals surface area contributed by atoms with E-state index >= 15 is 0 Å². The molecule has 0 saturated carbocycles. The number of sulfone groups is 1. The molecule has 0 bridgehead atoms. The van der Waals surface area contributed by atoms with Gasteiger partial charge in [-0.15, -0.1) is 0 Å². The van der Waals surface area contributed by atoms with Crippen molar-refractivity contribution in [3.8, 4) is 0 Å². The lowest BCUT2D eigenvalue weighted by molar-refractivity contribution is -0.886. The van der Waals surface area contributed by atoms with Crippen LogP contribution in [0.2, 0.25) is 0 Å². The molecule has 0 aromatic carbocycles. The van der Waals surface area contributed by atoms with E-state index in [1.54, 1.807) is 0 Å². The smallest absolute Gasteiger partial charge is 0.161 e. The Morgan fingerprint density at radius 2 is 1.50 bits per heavy atom. The van der Waals surface area contributed by atoms with Crippen molar-refractivity contribution in [2.24, 2.45) is 0 Å². The molecule has 1 heterocycles. The molecule has 3 nitrogen and oxygen atoms in total. The van der Waals surface area contributed by atoms with E-state index < -0.39 is 9.84 Å². The third kappa shape index (κ3) is 1.95. The Balaban J connectivity index is 2.63. The molecule has 1 aliphatic rings. The molecule has 10 heavy (non-hydrogen) atoms. The van der Waals surface area contributed by atoms with Crippen LogP contribution in [0.4, 0.5) is 0 Å². The van der Waals surface area contributed by atoms with Crippen LogP contribution < -0.4 is 0 Å². The summed E-state index contributed by atoms with van der Waals surface area (Å²) < 4.78 is 22.7. The molecular weight excluding hydrogens is 150 g/mol. The van der Waals surface area contributed by atoms with E-state index in [2.05, 4.69) is 14.1 Å². The van der Waals surface area contributed by atoms with Gasteiger partial charge in [-0.1, -0.05) is 0 Å². The first-order valence-electron chi connectivity index (χ1n) is 3.44.